The van der Waals surface area contributed by atoms with E-state index in [9.17, 15) is 14.4 Å². The van der Waals surface area contributed by atoms with Gasteiger partial charge in [0.05, 0.1) is 6.61 Å². The summed E-state index contributed by atoms with van der Waals surface area (Å²) in [6.07, 6.45) is 0. The van der Waals surface area contributed by atoms with Crippen molar-refractivity contribution in [3.8, 4) is 0 Å². The van der Waals surface area contributed by atoms with Crippen LogP contribution >= 0.6 is 12.4 Å². The van der Waals surface area contributed by atoms with Gasteiger partial charge in [0.2, 0.25) is 11.8 Å². The Hall–Kier alpha value is -2.16. The van der Waals surface area contributed by atoms with Gasteiger partial charge in [0.25, 0.3) is 5.91 Å². The van der Waals surface area contributed by atoms with Gasteiger partial charge < -0.3 is 26.0 Å². The Morgan fingerprint density at radius 3 is 1.96 bits per heavy atom. The lowest BCUT2D eigenvalue weighted by atomic mass is 10.1. The van der Waals surface area contributed by atoms with Crippen molar-refractivity contribution in [3.63, 3.8) is 0 Å². The fourth-order valence-electron chi connectivity index (χ4n) is 1.98. The van der Waals surface area contributed by atoms with E-state index in [4.69, 9.17) is 4.74 Å². The summed E-state index contributed by atoms with van der Waals surface area (Å²) in [7, 11) is 1.62. The van der Waals surface area contributed by atoms with E-state index in [-0.39, 0.29) is 30.1 Å². The fourth-order valence-corrected chi connectivity index (χ4v) is 1.98. The van der Waals surface area contributed by atoms with Crippen LogP contribution in [0.2, 0.25) is 0 Å². The van der Waals surface area contributed by atoms with E-state index in [1.165, 1.54) is 13.8 Å². The Kier molecular flexibility index (Phi) is 11.2. The number of ether oxygens (including phenoxy) is 1. The quantitative estimate of drug-likeness (QED) is 0.483. The molecule has 0 saturated heterocycles. The molecule has 3 amide bonds. The van der Waals surface area contributed by atoms with Crippen LogP contribution in [-0.2, 0) is 14.3 Å². The Bertz CT molecular complexity index is 561. The van der Waals surface area contributed by atoms with Crippen LogP contribution in [0.3, 0.4) is 0 Å². The van der Waals surface area contributed by atoms with Crippen LogP contribution in [0, 0.1) is 0 Å². The minimum Gasteiger partial charge on any atom is -0.383 e. The van der Waals surface area contributed by atoms with Crippen LogP contribution in [0.25, 0.3) is 0 Å². The molecule has 0 aliphatic carbocycles. The van der Waals surface area contributed by atoms with E-state index in [0.717, 1.165) is 0 Å². The summed E-state index contributed by atoms with van der Waals surface area (Å²) in [5, 5.41) is 11.1. The van der Waals surface area contributed by atoms with E-state index >= 15 is 0 Å². The highest BCUT2D eigenvalue weighted by molar-refractivity contribution is 5.99. The van der Waals surface area contributed by atoms with Gasteiger partial charge >= 0.3 is 0 Å². The van der Waals surface area contributed by atoms with Gasteiger partial charge in [-0.3, -0.25) is 14.4 Å². The second-order valence-electron chi connectivity index (χ2n) is 5.16. The summed E-state index contributed by atoms with van der Waals surface area (Å²) < 4.78 is 4.91. The highest BCUT2D eigenvalue weighted by Crippen LogP contribution is 2.19. The number of benzene rings is 1. The smallest absolute Gasteiger partial charge is 0.251 e. The number of amides is 3. The lowest BCUT2D eigenvalue weighted by Crippen LogP contribution is -2.33. The molecule has 0 saturated carbocycles. The molecule has 0 radical (unpaired) electrons. The van der Waals surface area contributed by atoms with Crippen molar-refractivity contribution < 1.29 is 19.1 Å². The van der Waals surface area contributed by atoms with Crippen LogP contribution < -0.4 is 21.3 Å². The first-order valence-electron chi connectivity index (χ1n) is 7.60. The van der Waals surface area contributed by atoms with Gasteiger partial charge in [-0.15, -0.1) is 12.4 Å². The van der Waals surface area contributed by atoms with E-state index in [2.05, 4.69) is 21.3 Å². The van der Waals surface area contributed by atoms with Crippen molar-refractivity contribution >= 4 is 41.5 Å². The number of hydrogen-bond donors (Lipinski definition) is 4. The predicted octanol–water partition coefficient (Wildman–Crippen LogP) is 0.991. The maximum Gasteiger partial charge on any atom is 0.251 e. The van der Waals surface area contributed by atoms with Gasteiger partial charge in [0, 0.05) is 57.5 Å². The third kappa shape index (κ3) is 9.65. The molecule has 4 N–H and O–H groups in total. The molecule has 0 atom stereocenters. The molecule has 9 heteroatoms. The molecule has 0 unspecified atom stereocenters. The lowest BCUT2D eigenvalue weighted by Gasteiger charge is -2.11. The zero-order valence-electron chi connectivity index (χ0n) is 14.6. The summed E-state index contributed by atoms with van der Waals surface area (Å²) in [6, 6.07) is 4.70. The van der Waals surface area contributed by atoms with Crippen molar-refractivity contribution in [2.45, 2.75) is 13.8 Å². The molecule has 0 spiro atoms. The standard InChI is InChI=1S/C16H24N4O4.ClH/c1-11(21)19-14-8-13(9-15(10-14)20-12(2)22)16(23)18-5-4-17-6-7-24-3;/h8-10,17H,4-7H2,1-3H3,(H,18,23)(H,19,21)(H,20,22);1H. The van der Waals surface area contributed by atoms with Gasteiger partial charge in [0.1, 0.15) is 0 Å². The third-order valence-electron chi connectivity index (χ3n) is 2.91. The molecule has 8 nitrogen and oxygen atoms in total. The molecule has 0 aliphatic rings. The minimum atomic E-state index is -0.289. The van der Waals surface area contributed by atoms with E-state index in [1.54, 1.807) is 25.3 Å². The van der Waals surface area contributed by atoms with Crippen LogP contribution in [0.15, 0.2) is 18.2 Å². The fraction of sp³-hybridized carbons (Fsp3) is 0.438. The second-order valence-corrected chi connectivity index (χ2v) is 5.16. The highest BCUT2D eigenvalue weighted by atomic mass is 35.5. The Labute approximate surface area is 153 Å². The molecule has 0 bridgehead atoms. The van der Waals surface area contributed by atoms with Crippen molar-refractivity contribution in [2.75, 3.05) is 44.0 Å². The first-order valence-corrected chi connectivity index (χ1v) is 7.60. The molecule has 1 aromatic carbocycles. The van der Waals surface area contributed by atoms with Gasteiger partial charge in [-0.1, -0.05) is 0 Å². The maximum atomic E-state index is 12.2. The average molecular weight is 373 g/mol. The SMILES string of the molecule is COCCNCCNC(=O)c1cc(NC(C)=O)cc(NC(C)=O)c1.Cl. The molecule has 1 rings (SSSR count). The Morgan fingerprint density at radius 1 is 0.920 bits per heavy atom. The molecular formula is C16H25ClN4O4. The topological polar surface area (TPSA) is 109 Å². The summed E-state index contributed by atoms with van der Waals surface area (Å²) in [6.45, 7) is 5.11. The number of carbonyl (C=O) groups excluding carboxylic acids is 3. The first-order chi connectivity index (χ1) is 11.4. The first kappa shape index (κ1) is 22.8. The largest absolute Gasteiger partial charge is 0.383 e. The molecule has 140 valence electrons. The van der Waals surface area contributed by atoms with E-state index in [1.807, 2.05) is 0 Å². The average Bonchev–Trinajstić information content (AvgIpc) is 2.48. The molecule has 0 aromatic heterocycles. The van der Waals surface area contributed by atoms with E-state index in [0.29, 0.717) is 43.2 Å². The second kappa shape index (κ2) is 12.2. The van der Waals surface area contributed by atoms with Crippen molar-refractivity contribution in [1.82, 2.24) is 10.6 Å². The van der Waals surface area contributed by atoms with Gasteiger partial charge in [-0.05, 0) is 18.2 Å². The number of anilines is 2. The third-order valence-corrected chi connectivity index (χ3v) is 2.91. The van der Waals surface area contributed by atoms with Crippen LogP contribution in [-0.4, -0.2) is 51.1 Å². The highest BCUT2D eigenvalue weighted by Gasteiger charge is 2.10. The Morgan fingerprint density at radius 2 is 1.48 bits per heavy atom. The number of carbonyl (C=O) groups is 3. The number of methoxy groups -OCH3 is 1. The van der Waals surface area contributed by atoms with Crippen LogP contribution in [0.5, 0.6) is 0 Å². The van der Waals surface area contributed by atoms with E-state index < -0.39 is 0 Å². The number of halogens is 1. The molecule has 0 aliphatic heterocycles. The van der Waals surface area contributed by atoms with Crippen molar-refractivity contribution in [3.05, 3.63) is 23.8 Å². The summed E-state index contributed by atoms with van der Waals surface area (Å²) >= 11 is 0. The number of hydrogen-bond acceptors (Lipinski definition) is 5. The van der Waals surface area contributed by atoms with Gasteiger partial charge in [-0.2, -0.15) is 0 Å². The van der Waals surface area contributed by atoms with Crippen molar-refractivity contribution in [1.29, 1.82) is 0 Å². The lowest BCUT2D eigenvalue weighted by molar-refractivity contribution is -0.115. The van der Waals surface area contributed by atoms with Gasteiger partial charge in [-0.25, -0.2) is 0 Å². The normalized spacial score (nSPS) is 9.72. The van der Waals surface area contributed by atoms with Crippen LogP contribution in [0.4, 0.5) is 11.4 Å². The molecule has 0 heterocycles. The minimum absolute atomic E-state index is 0. The number of rotatable bonds is 9. The molecule has 1 aromatic rings. The zero-order valence-corrected chi connectivity index (χ0v) is 15.4. The zero-order chi connectivity index (χ0) is 17.9. The number of nitrogens with one attached hydrogen (secondary N) is 4. The predicted molar refractivity (Wildman–Crippen MR) is 99.4 cm³/mol. The Balaban J connectivity index is 0.00000576. The molecule has 25 heavy (non-hydrogen) atoms. The maximum absolute atomic E-state index is 12.2. The molecule has 0 fully saturated rings. The van der Waals surface area contributed by atoms with Gasteiger partial charge in [0.15, 0.2) is 0 Å². The van der Waals surface area contributed by atoms with Crippen LogP contribution in [0.1, 0.15) is 24.2 Å². The monoisotopic (exact) mass is 372 g/mol. The molecular weight excluding hydrogens is 348 g/mol. The summed E-state index contributed by atoms with van der Waals surface area (Å²) in [5.74, 6) is -0.810. The summed E-state index contributed by atoms with van der Waals surface area (Å²) in [5.41, 5.74) is 1.23. The van der Waals surface area contributed by atoms with Crippen molar-refractivity contribution in [2.24, 2.45) is 0 Å². The summed E-state index contributed by atoms with van der Waals surface area (Å²) in [4.78, 5) is 34.6.